The van der Waals surface area contributed by atoms with E-state index in [1.54, 1.807) is 26.4 Å². The summed E-state index contributed by atoms with van der Waals surface area (Å²) in [5.74, 6) is 1.61. The van der Waals surface area contributed by atoms with Gasteiger partial charge in [-0.1, -0.05) is 0 Å². The second-order valence-corrected chi connectivity index (χ2v) is 6.52. The molecule has 1 aliphatic heterocycles. The summed E-state index contributed by atoms with van der Waals surface area (Å²) in [6.07, 6.45) is 3.37. The summed E-state index contributed by atoms with van der Waals surface area (Å²) in [6.45, 7) is 3.18. The lowest BCUT2D eigenvalue weighted by molar-refractivity contribution is -0.128. The SMILES string of the molecule is CC(=O)N1C[C@@H]2[C@H](C1)[C@@H]2Nc1nc(-c2ccncc2)cc(=O)n1C. The molecule has 1 amide bonds. The number of carbonyl (C=O) groups is 1. The molecule has 1 N–H and O–H groups in total. The van der Waals surface area contributed by atoms with Crippen molar-refractivity contribution in [2.45, 2.75) is 13.0 Å². The van der Waals surface area contributed by atoms with Crippen molar-refractivity contribution in [3.8, 4) is 11.3 Å². The van der Waals surface area contributed by atoms with Gasteiger partial charge in [0.2, 0.25) is 11.9 Å². The molecule has 2 aromatic rings. The fraction of sp³-hybridized carbons (Fsp3) is 0.412. The summed E-state index contributed by atoms with van der Waals surface area (Å²) in [7, 11) is 1.72. The van der Waals surface area contributed by atoms with Crippen LogP contribution in [0, 0.1) is 11.8 Å². The van der Waals surface area contributed by atoms with Crippen LogP contribution in [-0.4, -0.2) is 44.5 Å². The minimum atomic E-state index is -0.101. The Labute approximate surface area is 139 Å². The number of nitrogens with one attached hydrogen (secondary N) is 1. The monoisotopic (exact) mass is 325 g/mol. The number of anilines is 1. The molecule has 24 heavy (non-hydrogen) atoms. The number of pyridine rings is 1. The standard InChI is InChI=1S/C17H19N5O2/c1-10(23)22-8-12-13(9-22)16(12)20-17-19-14(7-15(24)21(17)2)11-3-5-18-6-4-11/h3-7,12-13,16H,8-9H2,1-2H3,(H,19,20)/t12-,13+,16-. The normalized spacial score (nSPS) is 24.6. The van der Waals surface area contributed by atoms with Crippen LogP contribution in [0.5, 0.6) is 0 Å². The van der Waals surface area contributed by atoms with Crippen LogP contribution in [-0.2, 0) is 11.8 Å². The van der Waals surface area contributed by atoms with Gasteiger partial charge in [0, 0.05) is 69.0 Å². The number of rotatable bonds is 3. The van der Waals surface area contributed by atoms with E-state index in [-0.39, 0.29) is 17.5 Å². The van der Waals surface area contributed by atoms with Gasteiger partial charge < -0.3 is 10.2 Å². The molecule has 3 heterocycles. The van der Waals surface area contributed by atoms with Crippen LogP contribution in [0.15, 0.2) is 35.4 Å². The van der Waals surface area contributed by atoms with Crippen LogP contribution in [0.1, 0.15) is 6.92 Å². The summed E-state index contributed by atoms with van der Waals surface area (Å²) in [5, 5.41) is 3.39. The van der Waals surface area contributed by atoms with E-state index in [0.29, 0.717) is 23.5 Å². The largest absolute Gasteiger partial charge is 0.352 e. The highest BCUT2D eigenvalue weighted by molar-refractivity contribution is 5.74. The summed E-state index contributed by atoms with van der Waals surface area (Å²) < 4.78 is 1.53. The zero-order valence-corrected chi connectivity index (χ0v) is 13.6. The number of nitrogens with zero attached hydrogens (tertiary/aromatic N) is 4. The average Bonchev–Trinajstić information content (AvgIpc) is 3.02. The summed E-state index contributed by atoms with van der Waals surface area (Å²) in [4.78, 5) is 34.1. The Morgan fingerprint density at radius 2 is 1.92 bits per heavy atom. The van der Waals surface area contributed by atoms with E-state index in [9.17, 15) is 9.59 Å². The zero-order valence-electron chi connectivity index (χ0n) is 13.6. The topological polar surface area (TPSA) is 80.1 Å². The van der Waals surface area contributed by atoms with E-state index in [1.165, 1.54) is 10.6 Å². The number of hydrogen-bond acceptors (Lipinski definition) is 5. The predicted octanol–water partition coefficient (Wildman–Crippen LogP) is 0.731. The molecule has 0 radical (unpaired) electrons. The molecule has 1 saturated heterocycles. The minimum absolute atomic E-state index is 0.101. The van der Waals surface area contributed by atoms with Crippen LogP contribution in [0.3, 0.4) is 0 Å². The van der Waals surface area contributed by atoms with Crippen molar-refractivity contribution in [3.05, 3.63) is 40.9 Å². The van der Waals surface area contributed by atoms with E-state index in [1.807, 2.05) is 17.0 Å². The van der Waals surface area contributed by atoms with Gasteiger partial charge in [-0.3, -0.25) is 19.1 Å². The third kappa shape index (κ3) is 2.46. The highest BCUT2D eigenvalue weighted by Gasteiger charge is 2.56. The van der Waals surface area contributed by atoms with Crippen LogP contribution in [0.4, 0.5) is 5.95 Å². The number of hydrogen-bond donors (Lipinski definition) is 1. The van der Waals surface area contributed by atoms with Gasteiger partial charge in [0.15, 0.2) is 0 Å². The van der Waals surface area contributed by atoms with Gasteiger partial charge in [-0.15, -0.1) is 0 Å². The molecule has 1 aliphatic carbocycles. The van der Waals surface area contributed by atoms with E-state index < -0.39 is 0 Å². The Kier molecular flexibility index (Phi) is 3.37. The maximum Gasteiger partial charge on any atom is 0.255 e. The quantitative estimate of drug-likeness (QED) is 0.900. The molecular formula is C17H19N5O2. The van der Waals surface area contributed by atoms with Gasteiger partial charge in [-0.05, 0) is 12.1 Å². The third-order valence-electron chi connectivity index (χ3n) is 5.05. The van der Waals surface area contributed by atoms with Crippen molar-refractivity contribution in [1.29, 1.82) is 0 Å². The van der Waals surface area contributed by atoms with E-state index >= 15 is 0 Å². The fourth-order valence-electron chi connectivity index (χ4n) is 3.49. The molecule has 7 nitrogen and oxygen atoms in total. The van der Waals surface area contributed by atoms with Crippen LogP contribution >= 0.6 is 0 Å². The van der Waals surface area contributed by atoms with Crippen LogP contribution in [0.2, 0.25) is 0 Å². The van der Waals surface area contributed by atoms with Crippen molar-refractivity contribution in [3.63, 3.8) is 0 Å². The molecular weight excluding hydrogens is 306 g/mol. The zero-order chi connectivity index (χ0) is 16.8. The summed E-state index contributed by atoms with van der Waals surface area (Å²) >= 11 is 0. The third-order valence-corrected chi connectivity index (χ3v) is 5.05. The molecule has 0 bridgehead atoms. The lowest BCUT2D eigenvalue weighted by atomic mass is 10.2. The summed E-state index contributed by atoms with van der Waals surface area (Å²) in [6, 6.07) is 5.49. The first-order valence-electron chi connectivity index (χ1n) is 8.05. The van der Waals surface area contributed by atoms with E-state index in [0.717, 1.165) is 18.7 Å². The Hall–Kier alpha value is -2.70. The predicted molar refractivity (Wildman–Crippen MR) is 89.4 cm³/mol. The Balaban J connectivity index is 1.56. The Bertz CT molecular complexity index is 836. The first-order valence-corrected chi connectivity index (χ1v) is 8.05. The van der Waals surface area contributed by atoms with E-state index in [2.05, 4.69) is 15.3 Å². The lowest BCUT2D eigenvalue weighted by Gasteiger charge is -2.19. The molecule has 2 aromatic heterocycles. The van der Waals surface area contributed by atoms with Gasteiger partial charge >= 0.3 is 0 Å². The molecule has 3 atom stereocenters. The number of likely N-dealkylation sites (tertiary alicyclic amines) is 1. The summed E-state index contributed by atoms with van der Waals surface area (Å²) in [5.41, 5.74) is 1.40. The molecule has 7 heteroatoms. The van der Waals surface area contributed by atoms with Gasteiger partial charge in [0.1, 0.15) is 0 Å². The molecule has 1 saturated carbocycles. The van der Waals surface area contributed by atoms with Gasteiger partial charge in [-0.25, -0.2) is 4.98 Å². The first kappa shape index (κ1) is 14.9. The molecule has 0 unspecified atom stereocenters. The number of aromatic nitrogens is 3. The van der Waals surface area contributed by atoms with Gasteiger partial charge in [-0.2, -0.15) is 0 Å². The van der Waals surface area contributed by atoms with Gasteiger partial charge in [0.25, 0.3) is 5.56 Å². The van der Waals surface area contributed by atoms with Crippen molar-refractivity contribution >= 4 is 11.9 Å². The van der Waals surface area contributed by atoms with Crippen molar-refractivity contribution in [2.75, 3.05) is 18.4 Å². The van der Waals surface area contributed by atoms with E-state index in [4.69, 9.17) is 0 Å². The maximum absolute atomic E-state index is 12.2. The van der Waals surface area contributed by atoms with Crippen LogP contribution < -0.4 is 10.9 Å². The lowest BCUT2D eigenvalue weighted by Crippen LogP contribution is -2.32. The number of amides is 1. The molecule has 2 fully saturated rings. The first-order chi connectivity index (χ1) is 11.5. The average molecular weight is 325 g/mol. The molecule has 0 spiro atoms. The minimum Gasteiger partial charge on any atom is -0.352 e. The van der Waals surface area contributed by atoms with Crippen molar-refractivity contribution in [2.24, 2.45) is 18.9 Å². The Morgan fingerprint density at radius 1 is 1.25 bits per heavy atom. The molecule has 2 aliphatic rings. The van der Waals surface area contributed by atoms with Crippen LogP contribution in [0.25, 0.3) is 11.3 Å². The second kappa shape index (κ2) is 5.43. The van der Waals surface area contributed by atoms with Crippen molar-refractivity contribution < 1.29 is 4.79 Å². The molecule has 0 aromatic carbocycles. The highest BCUT2D eigenvalue weighted by atomic mass is 16.2. The molecule has 124 valence electrons. The second-order valence-electron chi connectivity index (χ2n) is 6.52. The Morgan fingerprint density at radius 3 is 2.54 bits per heavy atom. The van der Waals surface area contributed by atoms with Gasteiger partial charge in [0.05, 0.1) is 5.69 Å². The van der Waals surface area contributed by atoms with Crippen molar-refractivity contribution in [1.82, 2.24) is 19.4 Å². The highest BCUT2D eigenvalue weighted by Crippen LogP contribution is 2.46. The maximum atomic E-state index is 12.2. The fourth-order valence-corrected chi connectivity index (χ4v) is 3.49. The number of piperidine rings is 1. The number of fused-ring (bicyclic) bond motifs is 1. The molecule has 4 rings (SSSR count). The smallest absolute Gasteiger partial charge is 0.255 e. The number of carbonyl (C=O) groups excluding carboxylic acids is 1.